The first-order valence-electron chi connectivity index (χ1n) is 6.32. The zero-order valence-electron chi connectivity index (χ0n) is 10.2. The molecular formula is C14H19F2N. The molecule has 0 amide bonds. The van der Waals surface area contributed by atoms with Crippen LogP contribution >= 0.6 is 0 Å². The fourth-order valence-corrected chi connectivity index (χ4v) is 2.92. The first kappa shape index (κ1) is 12.5. The third kappa shape index (κ3) is 2.83. The predicted molar refractivity (Wildman–Crippen MR) is 65.0 cm³/mol. The van der Waals surface area contributed by atoms with Crippen molar-refractivity contribution in [2.75, 3.05) is 13.6 Å². The van der Waals surface area contributed by atoms with Crippen LogP contribution in [0.1, 0.15) is 37.2 Å². The van der Waals surface area contributed by atoms with Crippen molar-refractivity contribution in [3.05, 3.63) is 35.4 Å². The molecule has 1 fully saturated rings. The number of nitrogens with one attached hydrogen (secondary N) is 1. The van der Waals surface area contributed by atoms with Crippen molar-refractivity contribution in [2.45, 2.75) is 31.6 Å². The van der Waals surface area contributed by atoms with Gasteiger partial charge >= 0.3 is 0 Å². The average Bonchev–Trinajstić information content (AvgIpc) is 2.34. The summed E-state index contributed by atoms with van der Waals surface area (Å²) in [4.78, 5) is 0. The van der Waals surface area contributed by atoms with E-state index in [1.165, 1.54) is 24.6 Å². The summed E-state index contributed by atoms with van der Waals surface area (Å²) in [6.07, 6.45) is 4.37. The van der Waals surface area contributed by atoms with Crippen molar-refractivity contribution >= 4 is 0 Å². The van der Waals surface area contributed by atoms with Gasteiger partial charge < -0.3 is 5.32 Å². The molecule has 1 aromatic rings. The second-order valence-corrected chi connectivity index (χ2v) is 4.87. The molecule has 2 atom stereocenters. The van der Waals surface area contributed by atoms with Gasteiger partial charge in [0, 0.05) is 0 Å². The number of hydrogen-bond donors (Lipinski definition) is 1. The van der Waals surface area contributed by atoms with E-state index in [1.807, 2.05) is 7.05 Å². The Morgan fingerprint density at radius 1 is 1.24 bits per heavy atom. The third-order valence-corrected chi connectivity index (χ3v) is 3.73. The molecule has 0 heterocycles. The Balaban J connectivity index is 2.25. The molecule has 1 aromatic carbocycles. The molecule has 1 saturated carbocycles. The van der Waals surface area contributed by atoms with Gasteiger partial charge in [-0.05, 0) is 62.0 Å². The average molecular weight is 239 g/mol. The van der Waals surface area contributed by atoms with Gasteiger partial charge in [0.05, 0.1) is 0 Å². The van der Waals surface area contributed by atoms with Gasteiger partial charge in [-0.3, -0.25) is 0 Å². The maximum Gasteiger partial charge on any atom is 0.126 e. The topological polar surface area (TPSA) is 12.0 Å². The molecule has 0 aromatic heterocycles. The van der Waals surface area contributed by atoms with Crippen molar-refractivity contribution in [3.63, 3.8) is 0 Å². The first-order chi connectivity index (χ1) is 8.22. The monoisotopic (exact) mass is 239 g/mol. The van der Waals surface area contributed by atoms with Crippen molar-refractivity contribution in [2.24, 2.45) is 5.92 Å². The van der Waals surface area contributed by atoms with E-state index in [9.17, 15) is 8.78 Å². The van der Waals surface area contributed by atoms with E-state index in [4.69, 9.17) is 0 Å². The fourth-order valence-electron chi connectivity index (χ4n) is 2.92. The maximum absolute atomic E-state index is 13.8. The highest BCUT2D eigenvalue weighted by atomic mass is 19.1. The molecule has 2 rings (SSSR count). The molecule has 0 saturated heterocycles. The number of hydrogen-bond acceptors (Lipinski definition) is 1. The summed E-state index contributed by atoms with van der Waals surface area (Å²) >= 11 is 0. The maximum atomic E-state index is 13.8. The van der Waals surface area contributed by atoms with Crippen molar-refractivity contribution in [3.8, 4) is 0 Å². The Labute approximate surface area is 101 Å². The zero-order valence-corrected chi connectivity index (χ0v) is 10.2. The minimum atomic E-state index is -0.338. The van der Waals surface area contributed by atoms with Crippen LogP contribution in [0.15, 0.2) is 18.2 Å². The molecule has 17 heavy (non-hydrogen) atoms. The summed E-state index contributed by atoms with van der Waals surface area (Å²) in [5.41, 5.74) is 0.560. The molecule has 0 spiro atoms. The Bertz CT molecular complexity index is 376. The lowest BCUT2D eigenvalue weighted by Crippen LogP contribution is -2.28. The van der Waals surface area contributed by atoms with Gasteiger partial charge in [-0.1, -0.05) is 12.8 Å². The molecule has 1 aliphatic rings. The highest BCUT2D eigenvalue weighted by Gasteiger charge is 2.28. The summed E-state index contributed by atoms with van der Waals surface area (Å²) in [6, 6.07) is 3.80. The van der Waals surface area contributed by atoms with Gasteiger partial charge in [0.15, 0.2) is 0 Å². The van der Waals surface area contributed by atoms with E-state index in [1.54, 1.807) is 0 Å². The molecule has 1 N–H and O–H groups in total. The van der Waals surface area contributed by atoms with Gasteiger partial charge in [-0.25, -0.2) is 8.78 Å². The number of benzene rings is 1. The lowest BCUT2D eigenvalue weighted by Gasteiger charge is -2.32. The second kappa shape index (κ2) is 5.58. The minimum Gasteiger partial charge on any atom is -0.319 e. The summed E-state index contributed by atoms with van der Waals surface area (Å²) in [7, 11) is 1.91. The van der Waals surface area contributed by atoms with E-state index >= 15 is 0 Å². The van der Waals surface area contributed by atoms with Crippen LogP contribution in [0.4, 0.5) is 8.78 Å². The second-order valence-electron chi connectivity index (χ2n) is 4.87. The molecule has 0 aliphatic heterocycles. The van der Waals surface area contributed by atoms with Crippen LogP contribution in [0.5, 0.6) is 0 Å². The van der Waals surface area contributed by atoms with Gasteiger partial charge in [0.25, 0.3) is 0 Å². The summed E-state index contributed by atoms with van der Waals surface area (Å²) in [5.74, 6) is -0.0217. The zero-order chi connectivity index (χ0) is 12.3. The predicted octanol–water partition coefficient (Wildman–Crippen LogP) is 3.46. The summed E-state index contributed by atoms with van der Waals surface area (Å²) < 4.78 is 27.0. The standard InChI is InChI=1S/C14H19F2N/c1-17-9-10-4-2-3-5-12(10)13-8-11(15)6-7-14(13)16/h6-8,10,12,17H,2-5,9H2,1H3. The number of halogens is 2. The number of rotatable bonds is 3. The van der Waals surface area contributed by atoms with Gasteiger partial charge in [-0.2, -0.15) is 0 Å². The first-order valence-corrected chi connectivity index (χ1v) is 6.32. The highest BCUT2D eigenvalue weighted by Crippen LogP contribution is 2.38. The SMILES string of the molecule is CNCC1CCCCC1c1cc(F)ccc1F. The minimum absolute atomic E-state index is 0.159. The Morgan fingerprint density at radius 2 is 2.00 bits per heavy atom. The fraction of sp³-hybridized carbons (Fsp3) is 0.571. The molecule has 1 nitrogen and oxygen atoms in total. The van der Waals surface area contributed by atoms with E-state index in [2.05, 4.69) is 5.32 Å². The third-order valence-electron chi connectivity index (χ3n) is 3.73. The van der Waals surface area contributed by atoms with E-state index in [0.717, 1.165) is 25.8 Å². The van der Waals surface area contributed by atoms with Gasteiger partial charge in [0.1, 0.15) is 11.6 Å². The van der Waals surface area contributed by atoms with E-state index in [-0.39, 0.29) is 17.6 Å². The molecular weight excluding hydrogens is 220 g/mol. The van der Waals surface area contributed by atoms with Gasteiger partial charge in [0.2, 0.25) is 0 Å². The molecule has 2 unspecified atom stereocenters. The lowest BCUT2D eigenvalue weighted by molar-refractivity contribution is 0.294. The Kier molecular flexibility index (Phi) is 4.11. The normalized spacial score (nSPS) is 24.9. The summed E-state index contributed by atoms with van der Waals surface area (Å²) in [5, 5.41) is 3.16. The molecule has 1 aliphatic carbocycles. The Hall–Kier alpha value is -0.960. The van der Waals surface area contributed by atoms with Crippen molar-refractivity contribution in [1.82, 2.24) is 5.32 Å². The lowest BCUT2D eigenvalue weighted by atomic mass is 9.75. The smallest absolute Gasteiger partial charge is 0.126 e. The van der Waals surface area contributed by atoms with Crippen molar-refractivity contribution in [1.29, 1.82) is 0 Å². The van der Waals surface area contributed by atoms with Crippen LogP contribution in [0.3, 0.4) is 0 Å². The largest absolute Gasteiger partial charge is 0.319 e. The van der Waals surface area contributed by atoms with Crippen molar-refractivity contribution < 1.29 is 8.78 Å². The van der Waals surface area contributed by atoms with Crippen LogP contribution < -0.4 is 5.32 Å². The molecule has 0 radical (unpaired) electrons. The highest BCUT2D eigenvalue weighted by molar-refractivity contribution is 5.24. The molecule has 3 heteroatoms. The van der Waals surface area contributed by atoms with Crippen LogP contribution in [-0.2, 0) is 0 Å². The van der Waals surface area contributed by atoms with E-state index < -0.39 is 0 Å². The Morgan fingerprint density at radius 3 is 2.76 bits per heavy atom. The molecule has 0 bridgehead atoms. The van der Waals surface area contributed by atoms with Crippen LogP contribution in [0.25, 0.3) is 0 Å². The van der Waals surface area contributed by atoms with Crippen LogP contribution in [0.2, 0.25) is 0 Å². The van der Waals surface area contributed by atoms with Crippen LogP contribution in [0, 0.1) is 17.6 Å². The quantitative estimate of drug-likeness (QED) is 0.851. The molecule has 94 valence electrons. The summed E-state index contributed by atoms with van der Waals surface area (Å²) in [6.45, 7) is 0.876. The van der Waals surface area contributed by atoms with Gasteiger partial charge in [-0.15, -0.1) is 0 Å². The van der Waals surface area contributed by atoms with E-state index in [0.29, 0.717) is 11.5 Å². The van der Waals surface area contributed by atoms with Crippen LogP contribution in [-0.4, -0.2) is 13.6 Å².